The van der Waals surface area contributed by atoms with Crippen LogP contribution in [-0.2, 0) is 22.4 Å². The number of hydrogen-bond acceptors (Lipinski definition) is 5. The number of halogens is 3. The Balaban J connectivity index is 1.16. The Morgan fingerprint density at radius 3 is 2.46 bits per heavy atom. The topological polar surface area (TPSA) is 73.7 Å². The van der Waals surface area contributed by atoms with Crippen molar-refractivity contribution in [1.82, 2.24) is 19.6 Å². The van der Waals surface area contributed by atoms with Crippen molar-refractivity contribution in [3.8, 4) is 0 Å². The molecule has 1 atom stereocenters. The number of likely N-dealkylation sites (tertiary alicyclic amines) is 2. The van der Waals surface area contributed by atoms with E-state index in [4.69, 9.17) is 0 Å². The van der Waals surface area contributed by atoms with Crippen molar-refractivity contribution in [2.45, 2.75) is 38.4 Å². The first-order valence-corrected chi connectivity index (χ1v) is 14.7. The molecule has 202 valence electrons. The maximum Gasteiger partial charge on any atom is 0.416 e. The van der Waals surface area contributed by atoms with Crippen LogP contribution in [0.1, 0.15) is 36.8 Å². The number of nitrogens with zero attached hydrogens (tertiary/aromatic N) is 5. The predicted octanol–water partition coefficient (Wildman–Crippen LogP) is 3.74. The summed E-state index contributed by atoms with van der Waals surface area (Å²) >= 11 is 0. The van der Waals surface area contributed by atoms with Gasteiger partial charge in [0.05, 0.1) is 23.6 Å². The molecule has 0 aliphatic carbocycles. The smallest absolute Gasteiger partial charge is 0.372 e. The molecule has 12 heteroatoms. The highest BCUT2D eigenvalue weighted by Gasteiger charge is 2.46. The molecule has 1 aromatic carbocycles. The molecule has 0 saturated carbocycles. The molecule has 8 nitrogen and oxygen atoms in total. The molecule has 1 N–H and O–H groups in total. The Labute approximate surface area is 215 Å². The number of nitrogens with one attached hydrogen (secondary N) is 1. The normalized spacial score (nSPS) is 21.6. The standard InChI is InChI=1S/C25H33F3N6O2S/c1-37(2,36)30-20-14-29-34(16-20)23(35)33-11-7-24(8-12-33)17-31(18-24)15-19-5-6-21(32-9-3-4-10-32)13-22(19)25(26,27)28/h5-6,13-14,16H,1,3-4,7-12,15,17-18H2,2H3,(H,30,36). The fourth-order valence-electron chi connectivity index (χ4n) is 5.76. The summed E-state index contributed by atoms with van der Waals surface area (Å²) in [7, 11) is -2.47. The molecule has 1 unspecified atom stereocenters. The van der Waals surface area contributed by atoms with Gasteiger partial charge in [-0.3, -0.25) is 4.90 Å². The molecule has 3 saturated heterocycles. The number of carbonyl (C=O) groups excluding carboxylic acids is 1. The van der Waals surface area contributed by atoms with Crippen LogP contribution in [0.3, 0.4) is 0 Å². The minimum Gasteiger partial charge on any atom is -0.372 e. The van der Waals surface area contributed by atoms with Gasteiger partial charge in [0.2, 0.25) is 0 Å². The average Bonchev–Trinajstić information content (AvgIpc) is 3.49. The molecule has 4 heterocycles. The SMILES string of the molecule is C=S(C)(=O)Nc1cnn(C(=O)N2CCC3(CC2)CN(Cc2ccc(N4CCCC4)cc2C(F)(F)F)C3)c1. The lowest BCUT2D eigenvalue weighted by atomic mass is 9.72. The van der Waals surface area contributed by atoms with E-state index in [2.05, 4.69) is 20.6 Å². The lowest BCUT2D eigenvalue weighted by molar-refractivity contribution is -0.138. The number of benzene rings is 1. The number of aromatic nitrogens is 2. The molecule has 0 radical (unpaired) electrons. The number of alkyl halides is 3. The zero-order valence-electron chi connectivity index (χ0n) is 21.0. The van der Waals surface area contributed by atoms with Gasteiger partial charge in [-0.15, -0.1) is 0 Å². The lowest BCUT2D eigenvalue weighted by Crippen LogP contribution is -2.60. The van der Waals surface area contributed by atoms with Gasteiger partial charge >= 0.3 is 12.2 Å². The summed E-state index contributed by atoms with van der Waals surface area (Å²) < 4.78 is 57.4. The summed E-state index contributed by atoms with van der Waals surface area (Å²) in [5.74, 6) is 3.53. The highest BCUT2D eigenvalue weighted by molar-refractivity contribution is 8.00. The molecule has 5 rings (SSSR count). The summed E-state index contributed by atoms with van der Waals surface area (Å²) in [6.45, 7) is 4.46. The Morgan fingerprint density at radius 1 is 1.16 bits per heavy atom. The maximum atomic E-state index is 13.9. The van der Waals surface area contributed by atoms with E-state index < -0.39 is 21.4 Å². The second kappa shape index (κ2) is 9.54. The van der Waals surface area contributed by atoms with Crippen LogP contribution >= 0.6 is 0 Å². The van der Waals surface area contributed by atoms with E-state index in [1.54, 1.807) is 11.0 Å². The summed E-state index contributed by atoms with van der Waals surface area (Å²) in [4.78, 5) is 18.7. The van der Waals surface area contributed by atoms with Gasteiger partial charge in [-0.1, -0.05) is 6.07 Å². The predicted molar refractivity (Wildman–Crippen MR) is 139 cm³/mol. The monoisotopic (exact) mass is 538 g/mol. The van der Waals surface area contributed by atoms with Crippen molar-refractivity contribution in [3.63, 3.8) is 0 Å². The molecule has 0 bridgehead atoms. The zero-order chi connectivity index (χ0) is 26.4. The van der Waals surface area contributed by atoms with Crippen molar-refractivity contribution in [3.05, 3.63) is 41.7 Å². The molecule has 37 heavy (non-hydrogen) atoms. The van der Waals surface area contributed by atoms with Crippen molar-refractivity contribution in [2.24, 2.45) is 5.41 Å². The van der Waals surface area contributed by atoms with Gasteiger partial charge in [0.15, 0.2) is 0 Å². The first-order chi connectivity index (χ1) is 17.4. The van der Waals surface area contributed by atoms with Crippen LogP contribution < -0.4 is 9.62 Å². The van der Waals surface area contributed by atoms with Crippen LogP contribution in [-0.4, -0.2) is 81.2 Å². The number of rotatable bonds is 5. The van der Waals surface area contributed by atoms with Gasteiger partial charge < -0.3 is 14.5 Å². The average molecular weight is 539 g/mol. The van der Waals surface area contributed by atoms with E-state index in [0.717, 1.165) is 51.9 Å². The van der Waals surface area contributed by atoms with Gasteiger partial charge in [0.1, 0.15) is 0 Å². The highest BCUT2D eigenvalue weighted by atomic mass is 32.2. The van der Waals surface area contributed by atoms with Crippen molar-refractivity contribution in [2.75, 3.05) is 55.1 Å². The van der Waals surface area contributed by atoms with Gasteiger partial charge in [0.25, 0.3) is 0 Å². The molecular weight excluding hydrogens is 505 g/mol. The van der Waals surface area contributed by atoms with E-state index in [-0.39, 0.29) is 18.0 Å². The van der Waals surface area contributed by atoms with E-state index in [1.165, 1.54) is 29.4 Å². The van der Waals surface area contributed by atoms with Crippen LogP contribution in [0.15, 0.2) is 30.6 Å². The molecule has 3 aliphatic heterocycles. The fraction of sp³-hybridized carbons (Fsp3) is 0.560. The Hall–Kier alpha value is -2.73. The Bertz CT molecular complexity index is 1250. The molecule has 2 aromatic rings. The number of anilines is 2. The van der Waals surface area contributed by atoms with Gasteiger partial charge in [-0.2, -0.15) is 23.0 Å². The largest absolute Gasteiger partial charge is 0.416 e. The minimum absolute atomic E-state index is 0.0309. The quantitative estimate of drug-likeness (QED) is 0.588. The van der Waals surface area contributed by atoms with Gasteiger partial charge in [-0.25, -0.2) is 9.00 Å². The lowest BCUT2D eigenvalue weighted by Gasteiger charge is -2.54. The summed E-state index contributed by atoms with van der Waals surface area (Å²) in [6, 6.07) is 4.52. The molecule has 1 aromatic heterocycles. The van der Waals surface area contributed by atoms with Crippen LogP contribution in [0, 0.1) is 5.41 Å². The molecule has 1 amide bonds. The second-order valence-corrected chi connectivity index (χ2v) is 12.9. The van der Waals surface area contributed by atoms with Gasteiger partial charge in [-0.05, 0) is 54.7 Å². The third-order valence-corrected chi connectivity index (χ3v) is 8.26. The number of hydrogen-bond donors (Lipinski definition) is 1. The third kappa shape index (κ3) is 5.74. The van der Waals surface area contributed by atoms with Crippen LogP contribution in [0.2, 0.25) is 0 Å². The fourth-order valence-corrected chi connectivity index (χ4v) is 6.36. The van der Waals surface area contributed by atoms with Crippen molar-refractivity contribution < 1.29 is 22.2 Å². The minimum atomic E-state index is -4.39. The van der Waals surface area contributed by atoms with E-state index >= 15 is 0 Å². The molecule has 1 spiro atoms. The highest BCUT2D eigenvalue weighted by Crippen LogP contribution is 2.43. The zero-order valence-corrected chi connectivity index (χ0v) is 21.8. The van der Waals surface area contributed by atoms with Crippen LogP contribution in [0.4, 0.5) is 29.3 Å². The Morgan fingerprint density at radius 2 is 1.84 bits per heavy atom. The molecule has 3 aliphatic rings. The number of carbonyl (C=O) groups is 1. The third-order valence-electron chi connectivity index (χ3n) is 7.59. The van der Waals surface area contributed by atoms with Gasteiger partial charge in [0, 0.05) is 67.5 Å². The van der Waals surface area contributed by atoms with Crippen LogP contribution in [0.5, 0.6) is 0 Å². The first-order valence-electron chi connectivity index (χ1n) is 12.5. The molecular formula is C25H33F3N6O2S. The van der Waals surface area contributed by atoms with Crippen molar-refractivity contribution >= 4 is 33.0 Å². The van der Waals surface area contributed by atoms with E-state index in [1.807, 2.05) is 11.0 Å². The number of amides is 1. The first kappa shape index (κ1) is 25.9. The summed E-state index contributed by atoms with van der Waals surface area (Å²) in [5, 5.41) is 4.07. The summed E-state index contributed by atoms with van der Waals surface area (Å²) in [6.07, 6.45) is 3.63. The van der Waals surface area contributed by atoms with E-state index in [9.17, 15) is 22.2 Å². The van der Waals surface area contributed by atoms with E-state index in [0.29, 0.717) is 30.0 Å². The summed E-state index contributed by atoms with van der Waals surface area (Å²) in [5.41, 5.74) is 0.929. The van der Waals surface area contributed by atoms with Crippen LogP contribution in [0.25, 0.3) is 0 Å². The second-order valence-electron chi connectivity index (χ2n) is 10.7. The maximum absolute atomic E-state index is 13.9. The number of piperidine rings is 1. The van der Waals surface area contributed by atoms with Crippen molar-refractivity contribution in [1.29, 1.82) is 0 Å². The molecule has 3 fully saturated rings. The Kier molecular flexibility index (Phi) is 6.68.